The van der Waals surface area contributed by atoms with Crippen molar-refractivity contribution < 1.29 is 0 Å². The first-order valence-corrected chi connectivity index (χ1v) is 6.16. The van der Waals surface area contributed by atoms with E-state index in [1.165, 1.54) is 38.8 Å². The molecule has 0 aromatic heterocycles. The maximum Gasteiger partial charge on any atom is 0.0192 e. The molecule has 0 saturated heterocycles. The Morgan fingerprint density at radius 2 is 1.86 bits per heavy atom. The monoisotopic (exact) mass is 200 g/mol. The van der Waals surface area contributed by atoms with Crippen molar-refractivity contribution in [1.29, 1.82) is 0 Å². The molecule has 1 atom stereocenters. The molecule has 1 unspecified atom stereocenters. The van der Waals surface area contributed by atoms with Gasteiger partial charge < -0.3 is 10.2 Å². The van der Waals surface area contributed by atoms with Gasteiger partial charge in [0, 0.05) is 12.6 Å². The molecule has 0 amide bonds. The van der Waals surface area contributed by atoms with Gasteiger partial charge in [-0.2, -0.15) is 0 Å². The normalized spacial score (nSPS) is 13.5. The molecule has 0 radical (unpaired) electrons. The van der Waals surface area contributed by atoms with Crippen LogP contribution in [0.15, 0.2) is 0 Å². The van der Waals surface area contributed by atoms with Crippen molar-refractivity contribution in [2.75, 3.05) is 26.7 Å². The molecule has 86 valence electrons. The average Bonchev–Trinajstić information content (AvgIpc) is 2.17. The van der Waals surface area contributed by atoms with Crippen molar-refractivity contribution in [2.24, 2.45) is 0 Å². The second kappa shape index (κ2) is 9.47. The number of hydrogen-bond donors (Lipinski definition) is 1. The quantitative estimate of drug-likeness (QED) is 0.575. The maximum absolute atomic E-state index is 3.51. The van der Waals surface area contributed by atoms with E-state index < -0.39 is 0 Å². The highest BCUT2D eigenvalue weighted by molar-refractivity contribution is 4.67. The topological polar surface area (TPSA) is 15.3 Å². The molecule has 0 heterocycles. The van der Waals surface area contributed by atoms with Crippen LogP contribution in [0.4, 0.5) is 0 Å². The van der Waals surface area contributed by atoms with Crippen molar-refractivity contribution in [2.45, 2.75) is 52.5 Å². The second-order valence-electron chi connectivity index (χ2n) is 4.13. The van der Waals surface area contributed by atoms with E-state index >= 15 is 0 Å². The summed E-state index contributed by atoms with van der Waals surface area (Å²) in [5, 5.41) is 3.51. The standard InChI is InChI=1S/C12H28N2/c1-5-8-9-10-14(4)11-12(6-2)13-7-3/h12-13H,5-11H2,1-4H3. The van der Waals surface area contributed by atoms with Gasteiger partial charge in [-0.15, -0.1) is 0 Å². The van der Waals surface area contributed by atoms with E-state index in [1.807, 2.05) is 0 Å². The smallest absolute Gasteiger partial charge is 0.0192 e. The molecule has 0 aliphatic heterocycles. The van der Waals surface area contributed by atoms with Gasteiger partial charge in [-0.3, -0.25) is 0 Å². The van der Waals surface area contributed by atoms with Crippen molar-refractivity contribution in [3.8, 4) is 0 Å². The summed E-state index contributed by atoms with van der Waals surface area (Å²) in [6.07, 6.45) is 5.25. The van der Waals surface area contributed by atoms with E-state index in [9.17, 15) is 0 Å². The summed E-state index contributed by atoms with van der Waals surface area (Å²) in [4.78, 5) is 2.45. The first-order valence-electron chi connectivity index (χ1n) is 6.16. The van der Waals surface area contributed by atoms with Crippen molar-refractivity contribution in [3.05, 3.63) is 0 Å². The molecule has 0 aliphatic carbocycles. The zero-order valence-electron chi connectivity index (χ0n) is 10.5. The van der Waals surface area contributed by atoms with Crippen LogP contribution in [0.25, 0.3) is 0 Å². The molecule has 0 aliphatic rings. The van der Waals surface area contributed by atoms with Crippen LogP contribution in [-0.2, 0) is 0 Å². The maximum atomic E-state index is 3.51. The Morgan fingerprint density at radius 1 is 1.14 bits per heavy atom. The number of nitrogens with one attached hydrogen (secondary N) is 1. The molecular formula is C12H28N2. The van der Waals surface area contributed by atoms with Crippen molar-refractivity contribution in [3.63, 3.8) is 0 Å². The third kappa shape index (κ3) is 7.34. The van der Waals surface area contributed by atoms with Gasteiger partial charge in [-0.25, -0.2) is 0 Å². The van der Waals surface area contributed by atoms with Crippen molar-refractivity contribution >= 4 is 0 Å². The minimum atomic E-state index is 0.673. The molecule has 1 N–H and O–H groups in total. The van der Waals surface area contributed by atoms with Gasteiger partial charge in [-0.1, -0.05) is 33.6 Å². The SMILES string of the molecule is CCCCCN(C)CC(CC)NCC. The highest BCUT2D eigenvalue weighted by Gasteiger charge is 2.07. The number of nitrogens with zero attached hydrogens (tertiary/aromatic N) is 1. The lowest BCUT2D eigenvalue weighted by Crippen LogP contribution is -2.39. The van der Waals surface area contributed by atoms with E-state index in [2.05, 4.69) is 38.0 Å². The van der Waals surface area contributed by atoms with Crippen molar-refractivity contribution in [1.82, 2.24) is 10.2 Å². The minimum absolute atomic E-state index is 0.673. The Bertz CT molecular complexity index is 115. The Balaban J connectivity index is 3.51. The van der Waals surface area contributed by atoms with Crippen LogP contribution in [0.2, 0.25) is 0 Å². The summed E-state index contributed by atoms with van der Waals surface area (Å²) < 4.78 is 0. The highest BCUT2D eigenvalue weighted by Crippen LogP contribution is 1.99. The third-order valence-electron chi connectivity index (χ3n) is 2.66. The molecule has 2 nitrogen and oxygen atoms in total. The van der Waals surface area contributed by atoms with Gasteiger partial charge in [0.2, 0.25) is 0 Å². The van der Waals surface area contributed by atoms with Gasteiger partial charge in [0.25, 0.3) is 0 Å². The fourth-order valence-corrected chi connectivity index (χ4v) is 1.73. The molecule has 0 rings (SSSR count). The van der Waals surface area contributed by atoms with Gasteiger partial charge in [0.05, 0.1) is 0 Å². The van der Waals surface area contributed by atoms with E-state index in [1.54, 1.807) is 0 Å². The lowest BCUT2D eigenvalue weighted by atomic mass is 10.2. The zero-order valence-corrected chi connectivity index (χ0v) is 10.5. The Labute approximate surface area is 90.1 Å². The predicted octanol–water partition coefficient (Wildman–Crippen LogP) is 2.50. The Hall–Kier alpha value is -0.0800. The lowest BCUT2D eigenvalue weighted by molar-refractivity contribution is 0.280. The van der Waals surface area contributed by atoms with E-state index in [4.69, 9.17) is 0 Å². The van der Waals surface area contributed by atoms with E-state index in [-0.39, 0.29) is 0 Å². The van der Waals surface area contributed by atoms with E-state index in [0.29, 0.717) is 6.04 Å². The van der Waals surface area contributed by atoms with Gasteiger partial charge in [0.15, 0.2) is 0 Å². The van der Waals surface area contributed by atoms with Crippen LogP contribution in [-0.4, -0.2) is 37.6 Å². The number of unbranched alkanes of at least 4 members (excludes halogenated alkanes) is 2. The largest absolute Gasteiger partial charge is 0.313 e. The van der Waals surface area contributed by atoms with Crippen LogP contribution in [0, 0.1) is 0 Å². The van der Waals surface area contributed by atoms with Crippen LogP contribution in [0.1, 0.15) is 46.5 Å². The zero-order chi connectivity index (χ0) is 10.8. The predicted molar refractivity (Wildman–Crippen MR) is 64.8 cm³/mol. The summed E-state index contributed by atoms with van der Waals surface area (Å²) in [6.45, 7) is 10.2. The lowest BCUT2D eigenvalue weighted by Gasteiger charge is -2.23. The molecule has 0 aromatic rings. The Kier molecular flexibility index (Phi) is 9.42. The summed E-state index contributed by atoms with van der Waals surface area (Å²) >= 11 is 0. The van der Waals surface area contributed by atoms with Gasteiger partial charge >= 0.3 is 0 Å². The number of hydrogen-bond acceptors (Lipinski definition) is 2. The molecule has 0 spiro atoms. The molecule has 2 heteroatoms. The molecule has 0 saturated carbocycles. The van der Waals surface area contributed by atoms with Crippen LogP contribution >= 0.6 is 0 Å². The molecular weight excluding hydrogens is 172 g/mol. The molecule has 0 fully saturated rings. The summed E-state index contributed by atoms with van der Waals surface area (Å²) in [5.41, 5.74) is 0. The van der Waals surface area contributed by atoms with Crippen LogP contribution in [0.5, 0.6) is 0 Å². The number of rotatable bonds is 9. The molecule has 14 heavy (non-hydrogen) atoms. The fraction of sp³-hybridized carbons (Fsp3) is 1.00. The summed E-state index contributed by atoms with van der Waals surface area (Å²) in [5.74, 6) is 0. The Morgan fingerprint density at radius 3 is 2.36 bits per heavy atom. The van der Waals surface area contributed by atoms with Gasteiger partial charge in [-0.05, 0) is 33.0 Å². The number of likely N-dealkylation sites (N-methyl/N-ethyl adjacent to an activating group) is 2. The summed E-state index contributed by atoms with van der Waals surface area (Å²) in [6, 6.07) is 0.673. The van der Waals surface area contributed by atoms with E-state index in [0.717, 1.165) is 6.54 Å². The third-order valence-corrected chi connectivity index (χ3v) is 2.66. The highest BCUT2D eigenvalue weighted by atomic mass is 15.1. The molecule has 0 aromatic carbocycles. The van der Waals surface area contributed by atoms with Gasteiger partial charge in [0.1, 0.15) is 0 Å². The second-order valence-corrected chi connectivity index (χ2v) is 4.13. The minimum Gasteiger partial charge on any atom is -0.313 e. The summed E-state index contributed by atoms with van der Waals surface area (Å²) in [7, 11) is 2.23. The first-order chi connectivity index (χ1) is 6.74. The first kappa shape index (κ1) is 13.9. The fourth-order valence-electron chi connectivity index (χ4n) is 1.73. The van der Waals surface area contributed by atoms with Crippen LogP contribution in [0.3, 0.4) is 0 Å². The van der Waals surface area contributed by atoms with Crippen LogP contribution < -0.4 is 5.32 Å². The average molecular weight is 200 g/mol. The molecule has 0 bridgehead atoms.